The van der Waals surface area contributed by atoms with Crippen molar-refractivity contribution < 1.29 is 12.8 Å². The smallest absolute Gasteiger partial charge is 0.184 e. The van der Waals surface area contributed by atoms with Gasteiger partial charge in [0.1, 0.15) is 10.7 Å². The van der Waals surface area contributed by atoms with Gasteiger partial charge in [-0.25, -0.2) is 12.8 Å². The van der Waals surface area contributed by atoms with Crippen LogP contribution in [0, 0.1) is 5.82 Å². The molecule has 0 aliphatic heterocycles. The van der Waals surface area contributed by atoms with Crippen LogP contribution in [0.4, 0.5) is 4.39 Å². The summed E-state index contributed by atoms with van der Waals surface area (Å²) in [6, 6.07) is 5.64. The lowest BCUT2D eigenvalue weighted by atomic mass is 10.0. The van der Waals surface area contributed by atoms with E-state index in [1.54, 1.807) is 6.07 Å². The molecular formula is C12H15FO2S. The number of halogens is 1. The molecule has 0 N–H and O–H groups in total. The minimum absolute atomic E-state index is 0.137. The summed E-state index contributed by atoms with van der Waals surface area (Å²) in [7, 11) is -3.47. The first-order valence-corrected chi connectivity index (χ1v) is 7.15. The van der Waals surface area contributed by atoms with Gasteiger partial charge in [0.2, 0.25) is 0 Å². The maximum absolute atomic E-state index is 13.5. The minimum atomic E-state index is -3.47. The summed E-state index contributed by atoms with van der Waals surface area (Å²) in [6.45, 7) is 0. The predicted molar refractivity (Wildman–Crippen MR) is 60.5 cm³/mol. The van der Waals surface area contributed by atoms with Gasteiger partial charge >= 0.3 is 0 Å². The number of sulfone groups is 1. The lowest BCUT2D eigenvalue weighted by Crippen LogP contribution is -2.24. The molecule has 0 spiro atoms. The monoisotopic (exact) mass is 242 g/mol. The number of hydrogen-bond acceptors (Lipinski definition) is 2. The SMILES string of the molecule is O=S(=O)(c1ccccc1F)C1CCCCC1. The third kappa shape index (κ3) is 2.12. The highest BCUT2D eigenvalue weighted by Crippen LogP contribution is 2.29. The minimum Gasteiger partial charge on any atom is -0.223 e. The van der Waals surface area contributed by atoms with Crippen molar-refractivity contribution in [1.82, 2.24) is 0 Å². The molecule has 0 radical (unpaired) electrons. The van der Waals surface area contributed by atoms with Gasteiger partial charge in [-0.2, -0.15) is 0 Å². The number of hydrogen-bond donors (Lipinski definition) is 0. The molecule has 0 amide bonds. The maximum Gasteiger partial charge on any atom is 0.184 e. The molecule has 2 rings (SSSR count). The van der Waals surface area contributed by atoms with Gasteiger partial charge in [0.15, 0.2) is 9.84 Å². The van der Waals surface area contributed by atoms with E-state index in [2.05, 4.69) is 0 Å². The summed E-state index contributed by atoms with van der Waals surface area (Å²) in [5, 5.41) is -0.391. The van der Waals surface area contributed by atoms with Crippen molar-refractivity contribution in [1.29, 1.82) is 0 Å². The van der Waals surface area contributed by atoms with Gasteiger partial charge in [0.05, 0.1) is 5.25 Å². The van der Waals surface area contributed by atoms with Crippen molar-refractivity contribution in [2.45, 2.75) is 42.2 Å². The van der Waals surface area contributed by atoms with Crippen LogP contribution in [0.2, 0.25) is 0 Å². The van der Waals surface area contributed by atoms with Gasteiger partial charge in [-0.05, 0) is 25.0 Å². The molecule has 2 nitrogen and oxygen atoms in total. The molecule has 1 aliphatic carbocycles. The molecular weight excluding hydrogens is 227 g/mol. The second-order valence-corrected chi connectivity index (χ2v) is 6.43. The van der Waals surface area contributed by atoms with E-state index in [9.17, 15) is 12.8 Å². The van der Waals surface area contributed by atoms with Crippen LogP contribution in [0.15, 0.2) is 29.2 Å². The van der Waals surface area contributed by atoms with Crippen LogP contribution >= 0.6 is 0 Å². The van der Waals surface area contributed by atoms with Gasteiger partial charge in [-0.3, -0.25) is 0 Å². The van der Waals surface area contributed by atoms with Crippen LogP contribution in [0.1, 0.15) is 32.1 Å². The lowest BCUT2D eigenvalue weighted by Gasteiger charge is -2.21. The fourth-order valence-electron chi connectivity index (χ4n) is 2.23. The van der Waals surface area contributed by atoms with Crippen LogP contribution in [0.3, 0.4) is 0 Å². The summed E-state index contributed by atoms with van der Waals surface area (Å²) >= 11 is 0. The topological polar surface area (TPSA) is 34.1 Å². The van der Waals surface area contributed by atoms with Crippen molar-refractivity contribution >= 4 is 9.84 Å². The molecule has 4 heteroatoms. The zero-order chi connectivity index (χ0) is 11.6. The first-order valence-electron chi connectivity index (χ1n) is 5.61. The highest BCUT2D eigenvalue weighted by molar-refractivity contribution is 7.92. The Morgan fingerprint density at radius 1 is 1.06 bits per heavy atom. The van der Waals surface area contributed by atoms with E-state index in [1.165, 1.54) is 18.2 Å². The van der Waals surface area contributed by atoms with Gasteiger partial charge in [0.25, 0.3) is 0 Å². The molecule has 1 saturated carbocycles. The molecule has 1 aliphatic rings. The first kappa shape index (κ1) is 11.6. The van der Waals surface area contributed by atoms with E-state index in [0.717, 1.165) is 19.3 Å². The molecule has 0 bridgehead atoms. The largest absolute Gasteiger partial charge is 0.223 e. The Labute approximate surface area is 95.4 Å². The maximum atomic E-state index is 13.5. The number of rotatable bonds is 2. The average molecular weight is 242 g/mol. The normalized spacial score (nSPS) is 18.6. The zero-order valence-electron chi connectivity index (χ0n) is 9.02. The van der Waals surface area contributed by atoms with Crippen LogP contribution in [-0.2, 0) is 9.84 Å². The Balaban J connectivity index is 2.35. The molecule has 0 atom stereocenters. The fourth-order valence-corrected chi connectivity index (χ4v) is 4.15. The molecule has 88 valence electrons. The fraction of sp³-hybridized carbons (Fsp3) is 0.500. The average Bonchev–Trinajstić information content (AvgIpc) is 2.30. The van der Waals surface area contributed by atoms with E-state index in [-0.39, 0.29) is 4.90 Å². The summed E-state index contributed by atoms with van der Waals surface area (Å²) in [4.78, 5) is -0.137. The Hall–Kier alpha value is -0.900. The Bertz CT molecular complexity index is 462. The highest BCUT2D eigenvalue weighted by Gasteiger charge is 2.30. The van der Waals surface area contributed by atoms with Crippen molar-refractivity contribution in [3.05, 3.63) is 30.1 Å². The number of benzene rings is 1. The highest BCUT2D eigenvalue weighted by atomic mass is 32.2. The van der Waals surface area contributed by atoms with E-state index in [1.807, 2.05) is 0 Å². The van der Waals surface area contributed by atoms with Crippen LogP contribution in [0.25, 0.3) is 0 Å². The predicted octanol–water partition coefficient (Wildman–Crippen LogP) is 2.93. The van der Waals surface area contributed by atoms with E-state index in [4.69, 9.17) is 0 Å². The Morgan fingerprint density at radius 3 is 2.31 bits per heavy atom. The second kappa shape index (κ2) is 4.53. The molecule has 0 aromatic heterocycles. The molecule has 0 unspecified atom stereocenters. The van der Waals surface area contributed by atoms with Crippen LogP contribution < -0.4 is 0 Å². The third-order valence-corrected chi connectivity index (χ3v) is 5.43. The summed E-state index contributed by atoms with van der Waals surface area (Å²) in [6.07, 6.45) is 4.27. The quantitative estimate of drug-likeness (QED) is 0.799. The standard InChI is InChI=1S/C12H15FO2S/c13-11-8-4-5-9-12(11)16(14,15)10-6-2-1-3-7-10/h4-5,8-10H,1-3,6-7H2. The molecule has 0 saturated heterocycles. The van der Waals surface area contributed by atoms with Crippen molar-refractivity contribution in [3.8, 4) is 0 Å². The van der Waals surface area contributed by atoms with Gasteiger partial charge in [-0.15, -0.1) is 0 Å². The van der Waals surface area contributed by atoms with E-state index < -0.39 is 20.9 Å². The van der Waals surface area contributed by atoms with E-state index >= 15 is 0 Å². The van der Waals surface area contributed by atoms with Gasteiger partial charge in [-0.1, -0.05) is 31.4 Å². The van der Waals surface area contributed by atoms with Gasteiger partial charge in [0, 0.05) is 0 Å². The summed E-state index contributed by atoms with van der Waals surface area (Å²) in [5.41, 5.74) is 0. The summed E-state index contributed by atoms with van der Waals surface area (Å²) in [5.74, 6) is -0.631. The van der Waals surface area contributed by atoms with E-state index in [0.29, 0.717) is 12.8 Å². The van der Waals surface area contributed by atoms with Crippen LogP contribution in [-0.4, -0.2) is 13.7 Å². The molecule has 1 aromatic carbocycles. The lowest BCUT2D eigenvalue weighted by molar-refractivity contribution is 0.479. The Morgan fingerprint density at radius 2 is 1.69 bits per heavy atom. The first-order chi connectivity index (χ1) is 7.62. The van der Waals surface area contributed by atoms with Crippen molar-refractivity contribution in [2.75, 3.05) is 0 Å². The molecule has 0 heterocycles. The van der Waals surface area contributed by atoms with Gasteiger partial charge < -0.3 is 0 Å². The molecule has 1 fully saturated rings. The van der Waals surface area contributed by atoms with Crippen molar-refractivity contribution in [3.63, 3.8) is 0 Å². The molecule has 16 heavy (non-hydrogen) atoms. The Kier molecular flexibility index (Phi) is 3.28. The van der Waals surface area contributed by atoms with Crippen LogP contribution in [0.5, 0.6) is 0 Å². The summed E-state index contributed by atoms with van der Waals surface area (Å²) < 4.78 is 37.8. The zero-order valence-corrected chi connectivity index (χ0v) is 9.84. The second-order valence-electron chi connectivity index (χ2n) is 4.24. The molecule has 1 aromatic rings. The third-order valence-electron chi connectivity index (χ3n) is 3.13. The van der Waals surface area contributed by atoms with Crippen molar-refractivity contribution in [2.24, 2.45) is 0 Å².